The number of aromatic nitrogens is 1. The van der Waals surface area contributed by atoms with Crippen LogP contribution < -0.4 is 10.1 Å². The quantitative estimate of drug-likeness (QED) is 0.271. The molecule has 1 unspecified atom stereocenters. The molecule has 2 aliphatic rings. The number of anilines is 1. The van der Waals surface area contributed by atoms with Crippen molar-refractivity contribution in [3.05, 3.63) is 102 Å². The maximum atomic E-state index is 11.6. The van der Waals surface area contributed by atoms with Gasteiger partial charge in [-0.15, -0.1) is 0 Å². The Morgan fingerprint density at radius 3 is 2.33 bits per heavy atom. The number of carboxylic acids is 1. The third-order valence-electron chi connectivity index (χ3n) is 7.56. The van der Waals surface area contributed by atoms with Gasteiger partial charge in [-0.25, -0.2) is 0 Å². The molecule has 0 spiro atoms. The summed E-state index contributed by atoms with van der Waals surface area (Å²) < 4.78 is 11.3. The number of carbonyl (C=O) groups is 1. The summed E-state index contributed by atoms with van der Waals surface area (Å²) in [5.74, 6) is 0.708. The van der Waals surface area contributed by atoms with Gasteiger partial charge in [-0.2, -0.15) is 0 Å². The fraction of sp³-hybridized carbons (Fsp3) is 0.219. The number of nitrogens with one attached hydrogen (secondary N) is 1. The number of dihydropyridines is 1. The Bertz CT molecular complexity index is 1580. The minimum Gasteiger partial charge on any atom is -0.496 e. The number of para-hydroxylation sites is 1. The van der Waals surface area contributed by atoms with Crippen LogP contribution in [-0.4, -0.2) is 35.2 Å². The van der Waals surface area contributed by atoms with Crippen molar-refractivity contribution in [2.24, 2.45) is 4.99 Å². The summed E-state index contributed by atoms with van der Waals surface area (Å²) in [6.07, 6.45) is 6.10. The van der Waals surface area contributed by atoms with Crippen molar-refractivity contribution >= 4 is 17.4 Å². The fourth-order valence-corrected chi connectivity index (χ4v) is 5.13. The largest absolute Gasteiger partial charge is 0.496 e. The number of aliphatic carboxylic acids is 1. The predicted molar refractivity (Wildman–Crippen MR) is 151 cm³/mol. The van der Waals surface area contributed by atoms with Crippen LogP contribution >= 0.6 is 0 Å². The number of rotatable bonds is 8. The summed E-state index contributed by atoms with van der Waals surface area (Å²) in [5, 5.41) is 17.3. The van der Waals surface area contributed by atoms with Gasteiger partial charge in [0.15, 0.2) is 5.76 Å². The first kappa shape index (κ1) is 24.7. The molecule has 1 aliphatic carbocycles. The lowest BCUT2D eigenvalue weighted by Crippen LogP contribution is -2.22. The molecule has 1 aromatic heterocycles. The topological polar surface area (TPSA) is 97.0 Å². The Labute approximate surface area is 226 Å². The van der Waals surface area contributed by atoms with Crippen molar-refractivity contribution in [2.75, 3.05) is 12.4 Å². The van der Waals surface area contributed by atoms with Crippen LogP contribution in [0, 0.1) is 6.92 Å². The Kier molecular flexibility index (Phi) is 6.27. The highest BCUT2D eigenvalue weighted by Gasteiger charge is 2.51. The number of methoxy groups -OCH3 is 1. The Balaban J connectivity index is 1.22. The molecular formula is C32H29N3O4. The molecular weight excluding hydrogens is 490 g/mol. The van der Waals surface area contributed by atoms with Gasteiger partial charge in [0.2, 0.25) is 0 Å². The van der Waals surface area contributed by atoms with Crippen molar-refractivity contribution in [3.8, 4) is 28.2 Å². The van der Waals surface area contributed by atoms with E-state index in [1.54, 1.807) is 7.11 Å². The molecule has 196 valence electrons. The number of allylic oxidation sites excluding steroid dienone is 1. The molecule has 2 N–H and O–H groups in total. The Morgan fingerprint density at radius 1 is 1.00 bits per heavy atom. The molecule has 7 heteroatoms. The van der Waals surface area contributed by atoms with Gasteiger partial charge in [-0.05, 0) is 54.7 Å². The average molecular weight is 520 g/mol. The molecule has 2 heterocycles. The first-order valence-corrected chi connectivity index (χ1v) is 13.0. The minimum absolute atomic E-state index is 0.176. The number of aliphatic imine (C=N–C) groups is 1. The van der Waals surface area contributed by atoms with Crippen molar-refractivity contribution in [3.63, 3.8) is 0 Å². The number of benzene rings is 3. The van der Waals surface area contributed by atoms with Gasteiger partial charge >= 0.3 is 5.97 Å². The zero-order valence-corrected chi connectivity index (χ0v) is 21.8. The second kappa shape index (κ2) is 9.91. The lowest BCUT2D eigenvalue weighted by Gasteiger charge is -2.20. The van der Waals surface area contributed by atoms with Crippen molar-refractivity contribution in [1.82, 2.24) is 5.16 Å². The fourth-order valence-electron chi connectivity index (χ4n) is 5.13. The van der Waals surface area contributed by atoms with E-state index in [9.17, 15) is 9.90 Å². The van der Waals surface area contributed by atoms with E-state index in [4.69, 9.17) is 14.3 Å². The number of ether oxygens (including phenoxy) is 1. The van der Waals surface area contributed by atoms with Crippen molar-refractivity contribution in [2.45, 2.75) is 37.8 Å². The van der Waals surface area contributed by atoms with E-state index in [2.05, 4.69) is 16.5 Å². The van der Waals surface area contributed by atoms with E-state index < -0.39 is 11.4 Å². The number of aryl methyl sites for hydroxylation is 1. The molecule has 39 heavy (non-hydrogen) atoms. The number of carboxylic acid groups (broad SMARTS) is 1. The summed E-state index contributed by atoms with van der Waals surface area (Å²) in [7, 11) is 1.66. The second-order valence-electron chi connectivity index (χ2n) is 10.0. The van der Waals surface area contributed by atoms with Gasteiger partial charge < -0.3 is 19.7 Å². The summed E-state index contributed by atoms with van der Waals surface area (Å²) in [6.45, 7) is 1.92. The maximum Gasteiger partial charge on any atom is 0.314 e. The van der Waals surface area contributed by atoms with Crippen LogP contribution in [0.1, 0.15) is 36.1 Å². The Hall–Kier alpha value is -4.65. The van der Waals surface area contributed by atoms with E-state index in [1.807, 2.05) is 85.8 Å². The normalized spacial score (nSPS) is 17.4. The molecule has 0 saturated heterocycles. The van der Waals surface area contributed by atoms with Gasteiger partial charge in [0.25, 0.3) is 0 Å². The minimum atomic E-state index is -0.739. The molecule has 1 saturated carbocycles. The van der Waals surface area contributed by atoms with Crippen LogP contribution in [0.4, 0.5) is 5.69 Å². The van der Waals surface area contributed by atoms with Crippen LogP contribution in [0.25, 0.3) is 22.5 Å². The van der Waals surface area contributed by atoms with Crippen LogP contribution in [0.5, 0.6) is 5.75 Å². The van der Waals surface area contributed by atoms with Crippen molar-refractivity contribution < 1.29 is 19.2 Å². The molecule has 1 fully saturated rings. The van der Waals surface area contributed by atoms with Crippen LogP contribution in [-0.2, 0) is 10.2 Å². The molecule has 7 nitrogen and oxygen atoms in total. The molecule has 4 aromatic rings. The molecule has 1 atom stereocenters. The van der Waals surface area contributed by atoms with E-state index in [0.29, 0.717) is 18.6 Å². The van der Waals surface area contributed by atoms with Gasteiger partial charge in [0, 0.05) is 17.5 Å². The van der Waals surface area contributed by atoms with Gasteiger partial charge in [0.05, 0.1) is 18.2 Å². The number of hydrogen-bond donors (Lipinski definition) is 2. The first-order chi connectivity index (χ1) is 19.0. The van der Waals surface area contributed by atoms with Gasteiger partial charge in [-0.3, -0.25) is 9.79 Å². The number of hydrogen-bond acceptors (Lipinski definition) is 6. The summed E-state index contributed by atoms with van der Waals surface area (Å²) in [5.41, 5.74) is 6.55. The highest BCUT2D eigenvalue weighted by Crippen LogP contribution is 2.48. The highest BCUT2D eigenvalue weighted by atomic mass is 16.5. The zero-order chi connectivity index (χ0) is 27.0. The third kappa shape index (κ3) is 4.61. The molecule has 0 bridgehead atoms. The standard InChI is InChI=1S/C32H29N3O4/c1-20-29(34-28-9-5-7-26(33-28)25-6-3-4-8-27(25)38-2)30(39-35-20)23-12-10-21(11-13-23)22-14-16-24(17-15-22)32(18-19-32)31(36)37/h3-8,10-17,28,34H,9,18-19H2,1-2H3,(H,36,37). The van der Waals surface area contributed by atoms with Gasteiger partial charge in [-0.1, -0.05) is 71.9 Å². The van der Waals surface area contributed by atoms with E-state index in [-0.39, 0.29) is 6.17 Å². The molecule has 6 rings (SSSR count). The van der Waals surface area contributed by atoms with E-state index in [1.165, 1.54) is 0 Å². The lowest BCUT2D eigenvalue weighted by molar-refractivity contribution is -0.140. The SMILES string of the molecule is COc1ccccc1C1=NC(Nc2c(C)noc2-c2ccc(-c3ccc(C4(C(=O)O)CC4)cc3)cc2)CC=C1. The smallest absolute Gasteiger partial charge is 0.314 e. The number of nitrogens with zero attached hydrogens (tertiary/aromatic N) is 2. The van der Waals surface area contributed by atoms with Crippen LogP contribution in [0.15, 0.2) is 94.5 Å². The Morgan fingerprint density at radius 2 is 1.67 bits per heavy atom. The first-order valence-electron chi connectivity index (χ1n) is 13.0. The summed E-state index contributed by atoms with van der Waals surface area (Å²) >= 11 is 0. The van der Waals surface area contributed by atoms with Crippen molar-refractivity contribution in [1.29, 1.82) is 0 Å². The molecule has 0 radical (unpaired) electrons. The maximum absolute atomic E-state index is 11.6. The predicted octanol–water partition coefficient (Wildman–Crippen LogP) is 6.63. The molecule has 3 aromatic carbocycles. The second-order valence-corrected chi connectivity index (χ2v) is 10.0. The zero-order valence-electron chi connectivity index (χ0n) is 21.8. The van der Waals surface area contributed by atoms with Crippen LogP contribution in [0.3, 0.4) is 0 Å². The average Bonchev–Trinajstić information content (AvgIpc) is 3.72. The summed E-state index contributed by atoms with van der Waals surface area (Å²) in [4.78, 5) is 16.6. The van der Waals surface area contributed by atoms with E-state index >= 15 is 0 Å². The monoisotopic (exact) mass is 519 g/mol. The molecule has 0 amide bonds. The van der Waals surface area contributed by atoms with E-state index in [0.717, 1.165) is 57.1 Å². The highest BCUT2D eigenvalue weighted by molar-refractivity contribution is 6.11. The van der Waals surface area contributed by atoms with Gasteiger partial charge in [0.1, 0.15) is 23.3 Å². The van der Waals surface area contributed by atoms with Crippen LogP contribution in [0.2, 0.25) is 0 Å². The molecule has 1 aliphatic heterocycles. The third-order valence-corrected chi connectivity index (χ3v) is 7.56. The summed E-state index contributed by atoms with van der Waals surface area (Å²) in [6, 6.07) is 23.8. The lowest BCUT2D eigenvalue weighted by atomic mass is 9.93.